The van der Waals surface area contributed by atoms with Gasteiger partial charge in [-0.3, -0.25) is 0 Å². The van der Waals surface area contributed by atoms with E-state index in [1.165, 1.54) is 20.9 Å². The van der Waals surface area contributed by atoms with E-state index in [0.717, 1.165) is 0 Å². The van der Waals surface area contributed by atoms with Gasteiger partial charge in [-0.05, 0) is 34.9 Å². The summed E-state index contributed by atoms with van der Waals surface area (Å²) in [5.41, 5.74) is 2.66. The molecule has 0 aromatic heterocycles. The lowest BCUT2D eigenvalue weighted by atomic mass is 10.1. The van der Waals surface area contributed by atoms with Gasteiger partial charge in [-0.1, -0.05) is 30.3 Å². The molecule has 0 fully saturated rings. The molecule has 2 heterocycles. The molecule has 0 saturated carbocycles. The lowest BCUT2D eigenvalue weighted by Crippen LogP contribution is -1.90. The Kier molecular flexibility index (Phi) is 2.22. The van der Waals surface area contributed by atoms with Crippen molar-refractivity contribution >= 4 is 30.4 Å². The Morgan fingerprint density at radius 2 is 2.00 bits per heavy atom. The number of hydrogen-bond acceptors (Lipinski definition) is 2. The summed E-state index contributed by atoms with van der Waals surface area (Å²) in [4.78, 5) is 2.71. The minimum atomic E-state index is -0.0804. The summed E-state index contributed by atoms with van der Waals surface area (Å²) in [6.07, 6.45) is 3.89. The van der Waals surface area contributed by atoms with Gasteiger partial charge in [0.25, 0.3) is 0 Å². The van der Waals surface area contributed by atoms with Crippen molar-refractivity contribution in [3.8, 4) is 0 Å². The average Bonchev–Trinajstić information content (AvgIpc) is 2.83. The van der Waals surface area contributed by atoms with Gasteiger partial charge in [0.05, 0.1) is 14.7 Å². The zero-order valence-corrected chi connectivity index (χ0v) is 9.90. The van der Waals surface area contributed by atoms with Crippen LogP contribution < -0.4 is 0 Å². The molecule has 2 aliphatic rings. The molecule has 3 rings (SSSR count). The molecule has 15 heavy (non-hydrogen) atoms. The molecule has 1 nitrogen and oxygen atoms in total. The monoisotopic (exact) mass is 234 g/mol. The van der Waals surface area contributed by atoms with Crippen molar-refractivity contribution in [1.82, 2.24) is 0 Å². The normalized spacial score (nSPS) is 23.3. The lowest BCUT2D eigenvalue weighted by molar-refractivity contribution is 0.578. The van der Waals surface area contributed by atoms with Crippen LogP contribution in [0, 0.1) is 0 Å². The van der Waals surface area contributed by atoms with Gasteiger partial charge in [0.15, 0.2) is 0 Å². The SMILES string of the molecule is CC1=C(c2ccccc2)SS2=C1C=CO2. The van der Waals surface area contributed by atoms with E-state index >= 15 is 0 Å². The molecule has 1 unspecified atom stereocenters. The number of allylic oxidation sites excluding steroid dienone is 2. The van der Waals surface area contributed by atoms with Crippen molar-refractivity contribution in [2.24, 2.45) is 0 Å². The molecular weight excluding hydrogens is 224 g/mol. The Balaban J connectivity index is 2.05. The molecule has 0 bridgehead atoms. The van der Waals surface area contributed by atoms with Gasteiger partial charge >= 0.3 is 0 Å². The second-order valence-electron chi connectivity index (χ2n) is 3.40. The first-order valence-electron chi connectivity index (χ1n) is 4.76. The van der Waals surface area contributed by atoms with Gasteiger partial charge in [-0.25, -0.2) is 0 Å². The Labute approximate surface area is 95.4 Å². The van der Waals surface area contributed by atoms with Crippen LogP contribution in [0.15, 0.2) is 48.2 Å². The van der Waals surface area contributed by atoms with Crippen molar-refractivity contribution in [3.63, 3.8) is 0 Å². The van der Waals surface area contributed by atoms with Crippen LogP contribution in [-0.2, 0) is 4.18 Å². The fraction of sp³-hybridized carbons (Fsp3) is 0.0833. The van der Waals surface area contributed by atoms with Crippen LogP contribution >= 0.6 is 20.6 Å². The minimum absolute atomic E-state index is 0.0804. The maximum atomic E-state index is 5.53. The fourth-order valence-corrected chi connectivity index (χ4v) is 5.44. The van der Waals surface area contributed by atoms with Gasteiger partial charge in [-0.15, -0.1) is 0 Å². The summed E-state index contributed by atoms with van der Waals surface area (Å²) in [5, 5.41) is 0. The smallest absolute Gasteiger partial charge is 0.103 e. The molecule has 0 N–H and O–H groups in total. The second kappa shape index (κ2) is 3.58. The number of hydrogen-bond donors (Lipinski definition) is 0. The molecule has 0 saturated heterocycles. The van der Waals surface area contributed by atoms with Crippen LogP contribution in [-0.4, -0.2) is 4.86 Å². The number of rotatable bonds is 1. The zero-order chi connectivity index (χ0) is 10.3. The van der Waals surface area contributed by atoms with Crippen molar-refractivity contribution in [2.75, 3.05) is 0 Å². The van der Waals surface area contributed by atoms with Crippen molar-refractivity contribution in [3.05, 3.63) is 53.8 Å². The van der Waals surface area contributed by atoms with Gasteiger partial charge < -0.3 is 4.18 Å². The third-order valence-corrected chi connectivity index (χ3v) is 6.12. The van der Waals surface area contributed by atoms with E-state index in [2.05, 4.69) is 37.3 Å². The summed E-state index contributed by atoms with van der Waals surface area (Å²) in [6.45, 7) is 2.18. The lowest BCUT2D eigenvalue weighted by Gasteiger charge is -2.04. The van der Waals surface area contributed by atoms with Gasteiger partial charge in [0, 0.05) is 4.91 Å². The van der Waals surface area contributed by atoms with Crippen LogP contribution in [0.5, 0.6) is 0 Å². The highest BCUT2D eigenvalue weighted by atomic mass is 33.1. The average molecular weight is 234 g/mol. The summed E-state index contributed by atoms with van der Waals surface area (Å²) in [5.74, 6) is 0. The summed E-state index contributed by atoms with van der Waals surface area (Å²) in [6, 6.07) is 10.5. The van der Waals surface area contributed by atoms with Crippen LogP contribution in [0.1, 0.15) is 12.5 Å². The predicted octanol–water partition coefficient (Wildman–Crippen LogP) is 3.98. The van der Waals surface area contributed by atoms with E-state index < -0.39 is 0 Å². The summed E-state index contributed by atoms with van der Waals surface area (Å²) >= 11 is 0. The largest absolute Gasteiger partial charge is 0.430 e. The molecule has 2 aliphatic heterocycles. The highest BCUT2D eigenvalue weighted by Gasteiger charge is 2.25. The molecule has 1 aromatic rings. The molecule has 3 heteroatoms. The van der Waals surface area contributed by atoms with E-state index in [0.29, 0.717) is 0 Å². The van der Waals surface area contributed by atoms with Crippen LogP contribution in [0.4, 0.5) is 0 Å². The Bertz CT molecular complexity index is 498. The molecule has 0 spiro atoms. The quantitative estimate of drug-likeness (QED) is 0.537. The van der Waals surface area contributed by atoms with Gasteiger partial charge in [0.2, 0.25) is 0 Å². The Morgan fingerprint density at radius 3 is 2.73 bits per heavy atom. The van der Waals surface area contributed by atoms with Crippen LogP contribution in [0.3, 0.4) is 0 Å². The van der Waals surface area contributed by atoms with Crippen LogP contribution in [0.25, 0.3) is 4.91 Å². The first kappa shape index (κ1) is 9.31. The first-order chi connectivity index (χ1) is 7.36. The second-order valence-corrected chi connectivity index (χ2v) is 6.49. The van der Waals surface area contributed by atoms with E-state index in [1.807, 2.05) is 16.9 Å². The number of benzene rings is 1. The zero-order valence-electron chi connectivity index (χ0n) is 8.27. The molecular formula is C12H10OS2. The highest BCUT2D eigenvalue weighted by molar-refractivity contribution is 8.86. The van der Waals surface area contributed by atoms with Gasteiger partial charge in [-0.2, -0.15) is 0 Å². The first-order valence-corrected chi connectivity index (χ1v) is 7.24. The molecule has 0 radical (unpaired) electrons. The van der Waals surface area contributed by atoms with Crippen molar-refractivity contribution in [1.29, 1.82) is 0 Å². The van der Waals surface area contributed by atoms with E-state index in [9.17, 15) is 0 Å². The third kappa shape index (κ3) is 1.46. The summed E-state index contributed by atoms with van der Waals surface area (Å²) < 4.78 is 5.53. The molecule has 0 amide bonds. The molecule has 1 atom stereocenters. The maximum absolute atomic E-state index is 5.53. The Morgan fingerprint density at radius 1 is 1.20 bits per heavy atom. The van der Waals surface area contributed by atoms with E-state index in [-0.39, 0.29) is 9.80 Å². The molecule has 76 valence electrons. The van der Waals surface area contributed by atoms with E-state index in [1.54, 1.807) is 6.26 Å². The highest BCUT2D eigenvalue weighted by Crippen LogP contribution is 2.54. The predicted molar refractivity (Wildman–Crippen MR) is 69.5 cm³/mol. The maximum Gasteiger partial charge on any atom is 0.103 e. The standard InChI is InChI=1S/C12H10OS2/c1-9-11-7-8-13-15(11)14-12(9)10-5-3-2-4-6-10/h2-8H,1H3. The molecule has 0 aliphatic carbocycles. The topological polar surface area (TPSA) is 9.23 Å². The molecule has 1 aromatic carbocycles. The third-order valence-electron chi connectivity index (χ3n) is 2.45. The van der Waals surface area contributed by atoms with Gasteiger partial charge in [0.1, 0.15) is 6.26 Å². The fourth-order valence-electron chi connectivity index (χ4n) is 1.67. The summed E-state index contributed by atoms with van der Waals surface area (Å²) in [7, 11) is 1.75. The minimum Gasteiger partial charge on any atom is -0.430 e. The van der Waals surface area contributed by atoms with E-state index in [4.69, 9.17) is 4.18 Å². The van der Waals surface area contributed by atoms with Crippen molar-refractivity contribution < 1.29 is 4.18 Å². The van der Waals surface area contributed by atoms with Crippen LogP contribution in [0.2, 0.25) is 0 Å². The van der Waals surface area contributed by atoms with Crippen molar-refractivity contribution in [2.45, 2.75) is 6.92 Å². The Hall–Kier alpha value is -0.930.